The number of nitrogens with zero attached hydrogens (tertiary/aromatic N) is 2. The second-order valence-electron chi connectivity index (χ2n) is 6.53. The number of benzene rings is 2. The van der Waals surface area contributed by atoms with Gasteiger partial charge in [0, 0.05) is 24.7 Å². The molecule has 0 bridgehead atoms. The van der Waals surface area contributed by atoms with Gasteiger partial charge in [-0.15, -0.1) is 0 Å². The van der Waals surface area contributed by atoms with Gasteiger partial charge in [-0.2, -0.15) is 0 Å². The zero-order chi connectivity index (χ0) is 20.4. The lowest BCUT2D eigenvalue weighted by atomic mass is 10.2. The molecule has 150 valence electrons. The molecule has 0 radical (unpaired) electrons. The van der Waals surface area contributed by atoms with Gasteiger partial charge in [0.2, 0.25) is 5.91 Å². The minimum Gasteiger partial charge on any atom is -0.493 e. The van der Waals surface area contributed by atoms with Crippen LogP contribution < -0.4 is 25.0 Å². The Balaban J connectivity index is 1.40. The van der Waals surface area contributed by atoms with Crippen molar-refractivity contribution < 1.29 is 19.1 Å². The van der Waals surface area contributed by atoms with E-state index in [2.05, 4.69) is 15.6 Å². The van der Waals surface area contributed by atoms with Gasteiger partial charge in [-0.1, -0.05) is 23.5 Å². The van der Waals surface area contributed by atoms with Gasteiger partial charge < -0.3 is 19.7 Å². The van der Waals surface area contributed by atoms with Crippen LogP contribution in [-0.2, 0) is 4.79 Å². The third-order valence-corrected chi connectivity index (χ3v) is 5.61. The summed E-state index contributed by atoms with van der Waals surface area (Å²) in [7, 11) is 3.10. The molecule has 1 aliphatic rings. The number of carbonyl (C=O) groups excluding carboxylic acids is 2. The molecule has 2 aromatic carbocycles. The van der Waals surface area contributed by atoms with E-state index in [0.29, 0.717) is 28.9 Å². The van der Waals surface area contributed by atoms with Gasteiger partial charge in [-0.3, -0.25) is 10.1 Å². The zero-order valence-electron chi connectivity index (χ0n) is 16.0. The number of carbonyl (C=O) groups is 2. The fourth-order valence-electron chi connectivity index (χ4n) is 3.29. The van der Waals surface area contributed by atoms with E-state index in [1.807, 2.05) is 24.3 Å². The lowest BCUT2D eigenvalue weighted by Gasteiger charge is -2.19. The largest absolute Gasteiger partial charge is 0.493 e. The molecule has 1 saturated heterocycles. The van der Waals surface area contributed by atoms with E-state index in [4.69, 9.17) is 9.47 Å². The molecule has 1 fully saturated rings. The Labute approximate surface area is 171 Å². The number of hydrogen-bond acceptors (Lipinski definition) is 6. The minimum atomic E-state index is -0.379. The average molecular weight is 412 g/mol. The van der Waals surface area contributed by atoms with E-state index >= 15 is 0 Å². The molecule has 1 atom stereocenters. The number of aromatic nitrogens is 1. The molecule has 9 heteroatoms. The number of nitrogens with one attached hydrogen (secondary N) is 2. The van der Waals surface area contributed by atoms with Crippen molar-refractivity contribution in [3.05, 3.63) is 42.5 Å². The number of rotatable bonds is 5. The highest BCUT2D eigenvalue weighted by Crippen LogP contribution is 2.33. The van der Waals surface area contributed by atoms with Crippen molar-refractivity contribution in [1.82, 2.24) is 10.3 Å². The number of urea groups is 1. The Morgan fingerprint density at radius 2 is 1.97 bits per heavy atom. The topological polar surface area (TPSA) is 92.8 Å². The summed E-state index contributed by atoms with van der Waals surface area (Å²) in [5.41, 5.74) is 1.53. The van der Waals surface area contributed by atoms with Crippen molar-refractivity contribution in [3.8, 4) is 11.5 Å². The molecular weight excluding hydrogens is 392 g/mol. The summed E-state index contributed by atoms with van der Waals surface area (Å²) in [4.78, 5) is 30.8. The van der Waals surface area contributed by atoms with Gasteiger partial charge in [0.05, 0.1) is 30.5 Å². The number of thiazole rings is 1. The summed E-state index contributed by atoms with van der Waals surface area (Å²) in [6.07, 6.45) is 0.224. The number of fused-ring (bicyclic) bond motifs is 1. The van der Waals surface area contributed by atoms with E-state index in [-0.39, 0.29) is 24.4 Å². The summed E-state index contributed by atoms with van der Waals surface area (Å²) in [5.74, 6) is 1.07. The molecule has 0 aliphatic carbocycles. The molecule has 0 saturated carbocycles. The second-order valence-corrected chi connectivity index (χ2v) is 7.56. The van der Waals surface area contributed by atoms with E-state index in [1.54, 1.807) is 37.3 Å². The molecule has 1 aromatic heterocycles. The molecule has 0 spiro atoms. The molecule has 3 aromatic rings. The normalized spacial score (nSPS) is 16.1. The quantitative estimate of drug-likeness (QED) is 0.671. The molecule has 3 amide bonds. The van der Waals surface area contributed by atoms with Gasteiger partial charge in [-0.05, 0) is 24.3 Å². The number of anilines is 2. The van der Waals surface area contributed by atoms with Crippen LogP contribution in [0.3, 0.4) is 0 Å². The Morgan fingerprint density at radius 1 is 1.17 bits per heavy atom. The van der Waals surface area contributed by atoms with Crippen LogP contribution in [0.4, 0.5) is 15.6 Å². The van der Waals surface area contributed by atoms with Crippen LogP contribution in [0, 0.1) is 0 Å². The fourth-order valence-corrected chi connectivity index (χ4v) is 4.15. The zero-order valence-corrected chi connectivity index (χ0v) is 16.8. The summed E-state index contributed by atoms with van der Waals surface area (Å²) >= 11 is 1.40. The van der Waals surface area contributed by atoms with Crippen molar-refractivity contribution in [1.29, 1.82) is 0 Å². The molecule has 29 heavy (non-hydrogen) atoms. The Hall–Kier alpha value is -3.33. The third kappa shape index (κ3) is 3.95. The number of ether oxygens (including phenoxy) is 2. The first-order valence-electron chi connectivity index (χ1n) is 9.03. The summed E-state index contributed by atoms with van der Waals surface area (Å²) in [6, 6.07) is 12.3. The maximum Gasteiger partial charge on any atom is 0.321 e. The number of amides is 3. The Morgan fingerprint density at radius 3 is 2.72 bits per heavy atom. The summed E-state index contributed by atoms with van der Waals surface area (Å²) in [6.45, 7) is 0.377. The van der Waals surface area contributed by atoms with Crippen LogP contribution in [0.1, 0.15) is 6.42 Å². The van der Waals surface area contributed by atoms with Crippen LogP contribution in [0.15, 0.2) is 42.5 Å². The lowest BCUT2D eigenvalue weighted by molar-refractivity contribution is -0.117. The van der Waals surface area contributed by atoms with Crippen molar-refractivity contribution in [2.45, 2.75) is 12.5 Å². The maximum atomic E-state index is 12.5. The number of hydrogen-bond donors (Lipinski definition) is 2. The predicted molar refractivity (Wildman–Crippen MR) is 112 cm³/mol. The molecule has 2 heterocycles. The minimum absolute atomic E-state index is 0.0671. The third-order valence-electron chi connectivity index (χ3n) is 4.65. The highest BCUT2D eigenvalue weighted by atomic mass is 32.1. The van der Waals surface area contributed by atoms with Gasteiger partial charge in [0.15, 0.2) is 16.6 Å². The lowest BCUT2D eigenvalue weighted by Crippen LogP contribution is -2.39. The Kier molecular flexibility index (Phi) is 5.22. The van der Waals surface area contributed by atoms with Crippen LogP contribution >= 0.6 is 11.3 Å². The highest BCUT2D eigenvalue weighted by Gasteiger charge is 2.32. The predicted octanol–water partition coefficient (Wildman–Crippen LogP) is 3.24. The molecular formula is C20H20N4O4S. The summed E-state index contributed by atoms with van der Waals surface area (Å²) in [5, 5.41) is 6.12. The van der Waals surface area contributed by atoms with E-state index in [9.17, 15) is 9.59 Å². The second kappa shape index (κ2) is 7.96. The molecule has 0 unspecified atom stereocenters. The van der Waals surface area contributed by atoms with Crippen molar-refractivity contribution in [3.63, 3.8) is 0 Å². The monoisotopic (exact) mass is 412 g/mol. The van der Waals surface area contributed by atoms with Gasteiger partial charge >= 0.3 is 6.03 Å². The molecule has 8 nitrogen and oxygen atoms in total. The van der Waals surface area contributed by atoms with E-state index in [0.717, 1.165) is 10.2 Å². The Bertz CT molecular complexity index is 1030. The van der Waals surface area contributed by atoms with Gasteiger partial charge in [0.1, 0.15) is 0 Å². The highest BCUT2D eigenvalue weighted by molar-refractivity contribution is 7.22. The van der Waals surface area contributed by atoms with Crippen molar-refractivity contribution in [2.24, 2.45) is 0 Å². The maximum absolute atomic E-state index is 12.5. The van der Waals surface area contributed by atoms with E-state index < -0.39 is 0 Å². The van der Waals surface area contributed by atoms with Gasteiger partial charge in [-0.25, -0.2) is 9.78 Å². The van der Waals surface area contributed by atoms with Crippen LogP contribution in [-0.4, -0.2) is 43.7 Å². The van der Waals surface area contributed by atoms with Crippen molar-refractivity contribution >= 4 is 44.3 Å². The molecule has 1 aliphatic heterocycles. The number of methoxy groups -OCH3 is 2. The fraction of sp³-hybridized carbons (Fsp3) is 0.250. The molecule has 2 N–H and O–H groups in total. The van der Waals surface area contributed by atoms with Gasteiger partial charge in [0.25, 0.3) is 0 Å². The SMILES string of the molecule is COc1ccc(N2C[C@@H](NC(=O)Nc3nc4ccccc4s3)CC2=O)cc1OC. The average Bonchev–Trinajstić information content (AvgIpc) is 3.29. The first-order valence-corrected chi connectivity index (χ1v) is 9.84. The first kappa shape index (κ1) is 19.0. The van der Waals surface area contributed by atoms with Crippen LogP contribution in [0.5, 0.6) is 11.5 Å². The standard InChI is InChI=1S/C20H20N4O4S/c1-27-15-8-7-13(10-16(15)28-2)24-11-12(9-18(24)25)21-19(26)23-20-22-14-5-3-4-6-17(14)29-20/h3-8,10,12H,9,11H2,1-2H3,(H2,21,22,23,26)/t12-/m0/s1. The van der Waals surface area contributed by atoms with E-state index in [1.165, 1.54) is 11.3 Å². The molecule has 4 rings (SSSR count). The van der Waals surface area contributed by atoms with Crippen molar-refractivity contribution in [2.75, 3.05) is 31.0 Å². The number of para-hydroxylation sites is 1. The first-order chi connectivity index (χ1) is 14.1. The summed E-state index contributed by atoms with van der Waals surface area (Å²) < 4.78 is 11.5. The smallest absolute Gasteiger partial charge is 0.321 e. The van der Waals surface area contributed by atoms with Crippen LogP contribution in [0.2, 0.25) is 0 Å². The van der Waals surface area contributed by atoms with Crippen LogP contribution in [0.25, 0.3) is 10.2 Å².